The Hall–Kier alpha value is -3.29. The molecule has 0 saturated carbocycles. The van der Waals surface area contributed by atoms with E-state index in [1.54, 1.807) is 36.8 Å². The van der Waals surface area contributed by atoms with Gasteiger partial charge in [0.2, 0.25) is 0 Å². The summed E-state index contributed by atoms with van der Waals surface area (Å²) >= 11 is 0. The SMILES string of the molecule is O=C(NCc1cccnc1-c1cccnc1)c1ccc(C(F)(F)F)nc1. The number of hydrogen-bond donors (Lipinski definition) is 1. The summed E-state index contributed by atoms with van der Waals surface area (Å²) in [5.74, 6) is -0.521. The van der Waals surface area contributed by atoms with Crippen molar-refractivity contribution >= 4 is 5.91 Å². The number of hydrogen-bond acceptors (Lipinski definition) is 4. The van der Waals surface area contributed by atoms with E-state index in [1.165, 1.54) is 0 Å². The maximum Gasteiger partial charge on any atom is 0.433 e. The lowest BCUT2D eigenvalue weighted by molar-refractivity contribution is -0.141. The zero-order valence-corrected chi connectivity index (χ0v) is 13.4. The fraction of sp³-hybridized carbons (Fsp3) is 0.111. The van der Waals surface area contributed by atoms with Crippen LogP contribution in [0.5, 0.6) is 0 Å². The lowest BCUT2D eigenvalue weighted by atomic mass is 10.1. The van der Waals surface area contributed by atoms with E-state index >= 15 is 0 Å². The van der Waals surface area contributed by atoms with Crippen LogP contribution in [0.3, 0.4) is 0 Å². The van der Waals surface area contributed by atoms with E-state index in [1.807, 2.05) is 6.07 Å². The highest BCUT2D eigenvalue weighted by atomic mass is 19.4. The molecule has 0 aliphatic carbocycles. The summed E-state index contributed by atoms with van der Waals surface area (Å²) in [6, 6.07) is 9.04. The van der Waals surface area contributed by atoms with Gasteiger partial charge in [0, 0.05) is 36.9 Å². The molecular formula is C18H13F3N4O. The first-order chi connectivity index (χ1) is 12.4. The van der Waals surface area contributed by atoms with Gasteiger partial charge in [-0.15, -0.1) is 0 Å². The van der Waals surface area contributed by atoms with Gasteiger partial charge >= 0.3 is 6.18 Å². The van der Waals surface area contributed by atoms with Crippen LogP contribution in [-0.4, -0.2) is 20.9 Å². The van der Waals surface area contributed by atoms with Crippen molar-refractivity contribution in [2.24, 2.45) is 0 Å². The third-order valence-electron chi connectivity index (χ3n) is 3.58. The molecule has 3 heterocycles. The summed E-state index contributed by atoms with van der Waals surface area (Å²) in [7, 11) is 0. The molecule has 1 N–H and O–H groups in total. The van der Waals surface area contributed by atoms with Gasteiger partial charge in [-0.2, -0.15) is 13.2 Å². The average molecular weight is 358 g/mol. The number of carbonyl (C=O) groups excluding carboxylic acids is 1. The summed E-state index contributed by atoms with van der Waals surface area (Å²) in [4.78, 5) is 23.8. The molecule has 8 heteroatoms. The summed E-state index contributed by atoms with van der Waals surface area (Å²) in [5, 5.41) is 2.66. The third-order valence-corrected chi connectivity index (χ3v) is 3.58. The van der Waals surface area contributed by atoms with Gasteiger partial charge in [-0.25, -0.2) is 0 Å². The monoisotopic (exact) mass is 358 g/mol. The predicted octanol–water partition coefficient (Wildman–Crippen LogP) is 3.49. The number of nitrogens with one attached hydrogen (secondary N) is 1. The van der Waals surface area contributed by atoms with E-state index in [9.17, 15) is 18.0 Å². The van der Waals surface area contributed by atoms with Crippen LogP contribution in [0.1, 0.15) is 21.6 Å². The maximum atomic E-state index is 12.5. The molecule has 0 aromatic carbocycles. The Kier molecular flexibility index (Phi) is 4.92. The fourth-order valence-electron chi connectivity index (χ4n) is 2.32. The molecule has 0 aliphatic rings. The van der Waals surface area contributed by atoms with Gasteiger partial charge < -0.3 is 5.32 Å². The highest BCUT2D eigenvalue weighted by molar-refractivity contribution is 5.93. The van der Waals surface area contributed by atoms with Crippen LogP contribution < -0.4 is 5.32 Å². The van der Waals surface area contributed by atoms with Gasteiger partial charge in [-0.05, 0) is 35.9 Å². The molecule has 0 spiro atoms. The van der Waals surface area contributed by atoms with Gasteiger partial charge in [0.25, 0.3) is 5.91 Å². The Morgan fingerprint density at radius 3 is 2.46 bits per heavy atom. The number of pyridine rings is 3. The number of amides is 1. The molecule has 3 rings (SSSR count). The second kappa shape index (κ2) is 7.30. The number of carbonyl (C=O) groups is 1. The molecule has 132 valence electrons. The maximum absolute atomic E-state index is 12.5. The number of alkyl halides is 3. The Morgan fingerprint density at radius 2 is 1.81 bits per heavy atom. The van der Waals surface area contributed by atoms with Gasteiger partial charge in [0.1, 0.15) is 5.69 Å². The standard InChI is InChI=1S/C18H13F3N4O/c19-18(20,21)15-6-5-14(11-24-15)17(26)25-10-13-4-2-8-23-16(13)12-3-1-7-22-9-12/h1-9,11H,10H2,(H,25,26). The van der Waals surface area contributed by atoms with Crippen LogP contribution in [-0.2, 0) is 12.7 Å². The molecule has 3 aromatic heterocycles. The first kappa shape index (κ1) is 17.5. The minimum Gasteiger partial charge on any atom is -0.348 e. The summed E-state index contributed by atoms with van der Waals surface area (Å²) < 4.78 is 37.6. The molecule has 3 aromatic rings. The lowest BCUT2D eigenvalue weighted by Gasteiger charge is -2.10. The van der Waals surface area contributed by atoms with Crippen LogP contribution in [0.25, 0.3) is 11.3 Å². The summed E-state index contributed by atoms with van der Waals surface area (Å²) in [6.45, 7) is 0.165. The van der Waals surface area contributed by atoms with Crippen molar-refractivity contribution in [3.63, 3.8) is 0 Å². The molecule has 5 nitrogen and oxygen atoms in total. The van der Waals surface area contributed by atoms with Crippen LogP contribution in [0.2, 0.25) is 0 Å². The summed E-state index contributed by atoms with van der Waals surface area (Å²) in [5.41, 5.74) is 1.23. The van der Waals surface area contributed by atoms with E-state index in [-0.39, 0.29) is 12.1 Å². The fourth-order valence-corrected chi connectivity index (χ4v) is 2.32. The van der Waals surface area contributed by atoms with Gasteiger partial charge in [-0.1, -0.05) is 6.07 Å². The Balaban J connectivity index is 1.73. The molecule has 0 radical (unpaired) electrons. The first-order valence-corrected chi connectivity index (χ1v) is 7.61. The highest BCUT2D eigenvalue weighted by Gasteiger charge is 2.32. The Morgan fingerprint density at radius 1 is 1.00 bits per heavy atom. The molecular weight excluding hydrogens is 345 g/mol. The largest absolute Gasteiger partial charge is 0.433 e. The molecule has 0 fully saturated rings. The van der Waals surface area contributed by atoms with Crippen molar-refractivity contribution in [1.29, 1.82) is 0 Å². The minimum atomic E-state index is -4.54. The quantitative estimate of drug-likeness (QED) is 0.775. The number of halogens is 3. The molecule has 26 heavy (non-hydrogen) atoms. The molecule has 1 amide bonds. The van der Waals surface area contributed by atoms with Crippen LogP contribution >= 0.6 is 0 Å². The van der Waals surface area contributed by atoms with Crippen LogP contribution in [0.15, 0.2) is 61.2 Å². The number of aromatic nitrogens is 3. The van der Waals surface area contributed by atoms with Crippen LogP contribution in [0, 0.1) is 0 Å². The smallest absolute Gasteiger partial charge is 0.348 e. The van der Waals surface area contributed by atoms with Crippen molar-refractivity contribution in [2.75, 3.05) is 0 Å². The van der Waals surface area contributed by atoms with Crippen molar-refractivity contribution in [3.8, 4) is 11.3 Å². The minimum absolute atomic E-state index is 0.0461. The average Bonchev–Trinajstić information content (AvgIpc) is 2.66. The Bertz CT molecular complexity index is 896. The van der Waals surface area contributed by atoms with E-state index in [0.29, 0.717) is 5.69 Å². The first-order valence-electron chi connectivity index (χ1n) is 7.61. The van der Waals surface area contributed by atoms with Crippen molar-refractivity contribution in [1.82, 2.24) is 20.3 Å². The second-order valence-corrected chi connectivity index (χ2v) is 5.37. The zero-order valence-electron chi connectivity index (χ0n) is 13.4. The van der Waals surface area contributed by atoms with Crippen molar-refractivity contribution in [3.05, 3.63) is 78.0 Å². The lowest BCUT2D eigenvalue weighted by Crippen LogP contribution is -2.23. The predicted molar refractivity (Wildman–Crippen MR) is 87.9 cm³/mol. The number of rotatable bonds is 4. The van der Waals surface area contributed by atoms with E-state index in [2.05, 4.69) is 20.3 Å². The molecule has 0 unspecified atom stereocenters. The molecule has 0 aliphatic heterocycles. The second-order valence-electron chi connectivity index (χ2n) is 5.37. The van der Waals surface area contributed by atoms with Gasteiger partial charge in [0.15, 0.2) is 0 Å². The van der Waals surface area contributed by atoms with Crippen LogP contribution in [0.4, 0.5) is 13.2 Å². The van der Waals surface area contributed by atoms with Crippen molar-refractivity contribution < 1.29 is 18.0 Å². The molecule has 0 atom stereocenters. The number of nitrogens with zero attached hydrogens (tertiary/aromatic N) is 3. The highest BCUT2D eigenvalue weighted by Crippen LogP contribution is 2.27. The zero-order chi connectivity index (χ0) is 18.6. The van der Waals surface area contributed by atoms with Gasteiger partial charge in [0.05, 0.1) is 11.3 Å². The third kappa shape index (κ3) is 4.02. The topological polar surface area (TPSA) is 67.8 Å². The molecule has 0 saturated heterocycles. The Labute approximate surface area is 147 Å². The van der Waals surface area contributed by atoms with Gasteiger partial charge in [-0.3, -0.25) is 19.7 Å². The summed E-state index contributed by atoms with van der Waals surface area (Å²) in [6.07, 6.45) is 1.30. The normalized spacial score (nSPS) is 11.2. The van der Waals surface area contributed by atoms with E-state index < -0.39 is 17.8 Å². The van der Waals surface area contributed by atoms with E-state index in [4.69, 9.17) is 0 Å². The van der Waals surface area contributed by atoms with E-state index in [0.717, 1.165) is 29.5 Å². The van der Waals surface area contributed by atoms with Crippen molar-refractivity contribution in [2.45, 2.75) is 12.7 Å². The molecule has 0 bridgehead atoms.